The van der Waals surface area contributed by atoms with Crippen molar-refractivity contribution in [3.63, 3.8) is 0 Å². The summed E-state index contributed by atoms with van der Waals surface area (Å²) in [5, 5.41) is 0. The van der Waals surface area contributed by atoms with Crippen LogP contribution < -0.4 is 112 Å². The zero-order valence-electron chi connectivity index (χ0n) is 29.1. The average Bonchev–Trinajstić information content (AvgIpc) is 3.00. The molecule has 0 spiro atoms. The van der Waals surface area contributed by atoms with E-state index in [0.29, 0.717) is 117 Å². The molecule has 276 valence electrons. The fourth-order valence-electron chi connectivity index (χ4n) is 3.47. The van der Waals surface area contributed by atoms with Gasteiger partial charge in [0.2, 0.25) is 0 Å². The van der Waals surface area contributed by atoms with E-state index in [1.165, 1.54) is 0 Å². The maximum absolute atomic E-state index is 10.5. The van der Waals surface area contributed by atoms with Gasteiger partial charge in [-0.25, -0.2) is 16.8 Å². The van der Waals surface area contributed by atoms with Crippen LogP contribution in [0.5, 0.6) is 11.5 Å². The summed E-state index contributed by atoms with van der Waals surface area (Å²) in [5.41, 5.74) is 1.03. The van der Waals surface area contributed by atoms with Gasteiger partial charge in [-0.2, -0.15) is 0 Å². The van der Waals surface area contributed by atoms with Gasteiger partial charge >= 0.3 is 103 Å². The predicted molar refractivity (Wildman–Crippen MR) is 167 cm³/mol. The van der Waals surface area contributed by atoms with Crippen molar-refractivity contribution >= 4 is 20.2 Å². The third-order valence-electron chi connectivity index (χ3n) is 5.67. The molecule has 16 nitrogen and oxygen atoms in total. The van der Waals surface area contributed by atoms with Crippen LogP contribution in [0.25, 0.3) is 0 Å². The minimum Gasteiger partial charge on any atom is -0.748 e. The second-order valence-corrected chi connectivity index (χ2v) is 12.8. The standard InChI is InChI=1S/C29H52O16S2.2K/c1-27-4-5-28(44-22-20-42-18-16-40-14-12-38-10-8-36-6-2-24-46(30,31)32)29(26-27)45-23-21-43-19-17-41-15-13-39-11-9-37-7-3-25-47(33,34)35;;/h4-5,26H,2-3,6-25H2,1H3,(H,30,31,32)(H,33,34,35);;/q;2*+1/p-2. The molecule has 1 rings (SSSR count). The molecule has 0 saturated carbocycles. The zero-order valence-corrected chi connectivity index (χ0v) is 37.0. The Morgan fingerprint density at radius 1 is 0.449 bits per heavy atom. The number of rotatable bonds is 34. The third kappa shape index (κ3) is 37.7. The molecule has 20 heteroatoms. The van der Waals surface area contributed by atoms with Crippen molar-refractivity contribution in [2.75, 3.05) is 130 Å². The molecule has 0 heterocycles. The zero-order chi connectivity index (χ0) is 34.5. The van der Waals surface area contributed by atoms with Gasteiger partial charge in [0.25, 0.3) is 0 Å². The summed E-state index contributed by atoms with van der Waals surface area (Å²) >= 11 is 0. The fourth-order valence-corrected chi connectivity index (χ4v) is 4.41. The average molecular weight is 797 g/mol. The Kier molecular flexibility index (Phi) is 38.0. The number of hydrogen-bond donors (Lipinski definition) is 0. The molecule has 0 aliphatic carbocycles. The normalized spacial score (nSPS) is 11.6. The summed E-state index contributed by atoms with van der Waals surface area (Å²) in [7, 11) is -8.39. The SMILES string of the molecule is Cc1ccc(OCCOCCOCCOCCOCCCS(=O)(=O)[O-])c(OCCOCCOCCOCCOCCCS(=O)(=O)[O-])c1.[K+].[K+]. The second kappa shape index (κ2) is 35.3. The van der Waals surface area contributed by atoms with E-state index in [4.69, 9.17) is 47.4 Å². The number of ether oxygens (including phenoxy) is 10. The number of hydrogen-bond acceptors (Lipinski definition) is 16. The van der Waals surface area contributed by atoms with E-state index in [9.17, 15) is 25.9 Å². The van der Waals surface area contributed by atoms with Gasteiger partial charge in [-0.3, -0.25) is 0 Å². The minimum absolute atomic E-state index is 0. The van der Waals surface area contributed by atoms with Gasteiger partial charge in [0.15, 0.2) is 11.5 Å². The topological polar surface area (TPSA) is 207 Å². The monoisotopic (exact) mass is 796 g/mol. The molecule has 0 N–H and O–H groups in total. The molecule has 0 aliphatic rings. The van der Waals surface area contributed by atoms with Crippen molar-refractivity contribution in [3.8, 4) is 11.5 Å². The molecule has 0 radical (unpaired) electrons. The number of aryl methyl sites for hydroxylation is 1. The summed E-state index contributed by atoms with van der Waals surface area (Å²) in [5.74, 6) is 0.364. The molecule has 0 atom stereocenters. The van der Waals surface area contributed by atoms with Crippen molar-refractivity contribution in [2.45, 2.75) is 19.8 Å². The largest absolute Gasteiger partial charge is 1.00 e. The molecular weight excluding hydrogens is 747 g/mol. The van der Waals surface area contributed by atoms with Crippen LogP contribution in [-0.2, 0) is 58.1 Å². The predicted octanol–water partition coefficient (Wildman–Crippen LogP) is -5.24. The van der Waals surface area contributed by atoms with Crippen LogP contribution in [0.1, 0.15) is 18.4 Å². The Hall–Kier alpha value is 1.59. The van der Waals surface area contributed by atoms with E-state index < -0.39 is 31.7 Å². The van der Waals surface area contributed by atoms with E-state index in [1.807, 2.05) is 25.1 Å². The summed E-state index contributed by atoms with van der Waals surface area (Å²) < 4.78 is 118. The maximum Gasteiger partial charge on any atom is 1.00 e. The van der Waals surface area contributed by atoms with Crippen LogP contribution in [0.4, 0.5) is 0 Å². The van der Waals surface area contributed by atoms with E-state index in [2.05, 4.69) is 0 Å². The van der Waals surface area contributed by atoms with Gasteiger partial charge in [0.05, 0.1) is 113 Å². The first-order chi connectivity index (χ1) is 22.6. The molecule has 0 bridgehead atoms. The van der Waals surface area contributed by atoms with Crippen LogP contribution in [0.3, 0.4) is 0 Å². The third-order valence-corrected chi connectivity index (χ3v) is 7.25. The molecular formula is C29H50K2O16S2. The Bertz CT molecular complexity index is 1110. The second-order valence-electron chi connectivity index (χ2n) is 9.78. The van der Waals surface area contributed by atoms with Gasteiger partial charge in [0, 0.05) is 24.7 Å². The molecule has 0 fully saturated rings. The molecule has 0 aliphatic heterocycles. The molecule has 0 amide bonds. The molecule has 0 saturated heterocycles. The Labute approximate surface area is 376 Å². The molecule has 0 aromatic heterocycles. The van der Waals surface area contributed by atoms with E-state index in [1.54, 1.807) is 0 Å². The first kappa shape index (κ1) is 52.7. The van der Waals surface area contributed by atoms with Crippen molar-refractivity contribution in [2.24, 2.45) is 0 Å². The van der Waals surface area contributed by atoms with Crippen molar-refractivity contribution in [3.05, 3.63) is 23.8 Å². The van der Waals surface area contributed by atoms with Gasteiger partial charge in [0.1, 0.15) is 13.2 Å². The Morgan fingerprint density at radius 2 is 0.735 bits per heavy atom. The van der Waals surface area contributed by atoms with Gasteiger partial charge in [-0.05, 0) is 37.5 Å². The van der Waals surface area contributed by atoms with Gasteiger partial charge < -0.3 is 56.5 Å². The molecule has 1 aromatic carbocycles. The molecule has 0 unspecified atom stereocenters. The van der Waals surface area contributed by atoms with Crippen LogP contribution >= 0.6 is 0 Å². The van der Waals surface area contributed by atoms with Crippen molar-refractivity contribution in [1.82, 2.24) is 0 Å². The first-order valence-corrected chi connectivity index (χ1v) is 18.6. The maximum atomic E-state index is 10.5. The van der Waals surface area contributed by atoms with Gasteiger partial charge in [-0.15, -0.1) is 0 Å². The van der Waals surface area contributed by atoms with E-state index >= 15 is 0 Å². The molecule has 49 heavy (non-hydrogen) atoms. The van der Waals surface area contributed by atoms with Crippen LogP contribution in [0, 0.1) is 6.92 Å². The van der Waals surface area contributed by atoms with E-state index in [-0.39, 0.29) is 129 Å². The van der Waals surface area contributed by atoms with Crippen molar-refractivity contribution < 1.29 is 176 Å². The van der Waals surface area contributed by atoms with E-state index in [0.717, 1.165) is 5.56 Å². The molecule has 1 aromatic rings. The number of benzene rings is 1. The van der Waals surface area contributed by atoms with Crippen molar-refractivity contribution in [1.29, 1.82) is 0 Å². The fraction of sp³-hybridized carbons (Fsp3) is 0.793. The first-order valence-electron chi connectivity index (χ1n) is 15.4. The Balaban J connectivity index is 0. The summed E-state index contributed by atoms with van der Waals surface area (Å²) in [6, 6.07) is 5.68. The summed E-state index contributed by atoms with van der Waals surface area (Å²) in [6.45, 7) is 8.26. The smallest absolute Gasteiger partial charge is 0.748 e. The van der Waals surface area contributed by atoms with Gasteiger partial charge in [-0.1, -0.05) is 6.07 Å². The minimum atomic E-state index is -4.19. The quantitative estimate of drug-likeness (QED) is 0.0363. The van der Waals surface area contributed by atoms with Crippen LogP contribution in [0.15, 0.2) is 18.2 Å². The van der Waals surface area contributed by atoms with Crippen LogP contribution in [0.2, 0.25) is 0 Å². The van der Waals surface area contributed by atoms with Crippen LogP contribution in [-0.4, -0.2) is 156 Å². The Morgan fingerprint density at radius 3 is 1.06 bits per heavy atom. The summed E-state index contributed by atoms with van der Waals surface area (Å²) in [6.07, 6.45) is 0.337. The summed E-state index contributed by atoms with van der Waals surface area (Å²) in [4.78, 5) is 0.